The van der Waals surface area contributed by atoms with Crippen LogP contribution in [-0.2, 0) is 4.74 Å². The van der Waals surface area contributed by atoms with Crippen molar-refractivity contribution in [1.29, 1.82) is 0 Å². The average Bonchev–Trinajstić information content (AvgIpc) is 2.67. The minimum atomic E-state index is -0.623. The molecule has 1 heterocycles. The molecule has 17 heavy (non-hydrogen) atoms. The van der Waals surface area contributed by atoms with Crippen molar-refractivity contribution in [1.82, 2.24) is 0 Å². The molecule has 0 bridgehead atoms. The van der Waals surface area contributed by atoms with Gasteiger partial charge in [-0.2, -0.15) is 0 Å². The Morgan fingerprint density at radius 1 is 1.47 bits per heavy atom. The number of aliphatic hydroxyl groups excluding tert-OH is 2. The number of aliphatic hydroxyl groups is 2. The summed E-state index contributed by atoms with van der Waals surface area (Å²) in [5, 5.41) is 19.4. The first-order valence-electron chi connectivity index (χ1n) is 5.48. The second-order valence-electron chi connectivity index (χ2n) is 4.13. The Hall–Kier alpha value is -0.810. The Morgan fingerprint density at radius 3 is 2.76 bits per heavy atom. The van der Waals surface area contributed by atoms with Crippen LogP contribution in [0.2, 0.25) is 5.02 Å². The van der Waals surface area contributed by atoms with Crippen molar-refractivity contribution in [2.45, 2.75) is 25.2 Å². The summed E-state index contributed by atoms with van der Waals surface area (Å²) in [6, 6.07) is 5.09. The van der Waals surface area contributed by atoms with E-state index in [9.17, 15) is 10.2 Å². The molecule has 5 heteroatoms. The molecule has 94 valence electrons. The number of ether oxygens (including phenoxy) is 2. The largest absolute Gasteiger partial charge is 0.484 e. The summed E-state index contributed by atoms with van der Waals surface area (Å²) in [5.41, 5.74) is 0.727. The van der Waals surface area contributed by atoms with Crippen LogP contribution < -0.4 is 4.74 Å². The second kappa shape index (κ2) is 5.23. The molecule has 0 amide bonds. The molecular weight excluding hydrogens is 244 g/mol. The van der Waals surface area contributed by atoms with Crippen LogP contribution in [0.5, 0.6) is 5.75 Å². The Balaban J connectivity index is 2.11. The van der Waals surface area contributed by atoms with Crippen LogP contribution in [0.25, 0.3) is 0 Å². The van der Waals surface area contributed by atoms with Gasteiger partial charge in [0.15, 0.2) is 0 Å². The molecule has 3 atom stereocenters. The first-order chi connectivity index (χ1) is 8.08. The Bertz CT molecular complexity index is 394. The van der Waals surface area contributed by atoms with Gasteiger partial charge in [-0.25, -0.2) is 0 Å². The fraction of sp³-hybridized carbons (Fsp3) is 0.500. The Labute approximate surface area is 105 Å². The number of hydrogen-bond donors (Lipinski definition) is 2. The highest BCUT2D eigenvalue weighted by Crippen LogP contribution is 2.29. The van der Waals surface area contributed by atoms with Crippen LogP contribution in [0.3, 0.4) is 0 Å². The number of halogens is 1. The highest BCUT2D eigenvalue weighted by atomic mass is 35.5. The van der Waals surface area contributed by atoms with Crippen LogP contribution in [0.15, 0.2) is 18.2 Å². The molecule has 0 radical (unpaired) electrons. The number of benzene rings is 1. The molecular formula is C12H15ClO4. The summed E-state index contributed by atoms with van der Waals surface area (Å²) in [4.78, 5) is 0. The van der Waals surface area contributed by atoms with Crippen molar-refractivity contribution in [3.63, 3.8) is 0 Å². The summed E-state index contributed by atoms with van der Waals surface area (Å²) in [6.45, 7) is 2.31. The molecule has 1 aliphatic rings. The van der Waals surface area contributed by atoms with Gasteiger partial charge in [-0.3, -0.25) is 0 Å². The third-order valence-electron chi connectivity index (χ3n) is 2.72. The maximum Gasteiger partial charge on any atom is 0.150 e. The first kappa shape index (κ1) is 12.6. The molecule has 0 aliphatic carbocycles. The lowest BCUT2D eigenvalue weighted by Crippen LogP contribution is -2.29. The summed E-state index contributed by atoms with van der Waals surface area (Å²) in [5.74, 6) is 0.491. The van der Waals surface area contributed by atoms with Gasteiger partial charge in [0.2, 0.25) is 0 Å². The van der Waals surface area contributed by atoms with E-state index in [1.165, 1.54) is 0 Å². The molecule has 1 fully saturated rings. The van der Waals surface area contributed by atoms with E-state index in [0.717, 1.165) is 5.56 Å². The van der Waals surface area contributed by atoms with Gasteiger partial charge in [0.05, 0.1) is 24.3 Å². The van der Waals surface area contributed by atoms with E-state index in [1.54, 1.807) is 25.1 Å². The zero-order valence-corrected chi connectivity index (χ0v) is 10.2. The standard InChI is InChI=1S/C12H15ClO4/c1-7(14)8-2-3-11(9(13)4-8)17-12-6-16-5-10(12)15/h2-4,7,10,12,14-15H,5-6H2,1H3. The fourth-order valence-corrected chi connectivity index (χ4v) is 1.91. The van der Waals surface area contributed by atoms with E-state index in [1.807, 2.05) is 0 Å². The van der Waals surface area contributed by atoms with Crippen molar-refractivity contribution in [2.75, 3.05) is 13.2 Å². The van der Waals surface area contributed by atoms with Gasteiger partial charge in [-0.1, -0.05) is 17.7 Å². The van der Waals surface area contributed by atoms with Crippen molar-refractivity contribution < 1.29 is 19.7 Å². The van der Waals surface area contributed by atoms with Gasteiger partial charge in [-0.05, 0) is 24.6 Å². The van der Waals surface area contributed by atoms with Gasteiger partial charge in [-0.15, -0.1) is 0 Å². The molecule has 0 saturated carbocycles. The zero-order valence-electron chi connectivity index (χ0n) is 9.47. The zero-order chi connectivity index (χ0) is 12.4. The van der Waals surface area contributed by atoms with Crippen LogP contribution in [0, 0.1) is 0 Å². The maximum atomic E-state index is 9.55. The molecule has 1 aliphatic heterocycles. The minimum Gasteiger partial charge on any atom is -0.484 e. The van der Waals surface area contributed by atoms with Crippen LogP contribution in [0.1, 0.15) is 18.6 Å². The van der Waals surface area contributed by atoms with E-state index in [4.69, 9.17) is 21.1 Å². The summed E-state index contributed by atoms with van der Waals surface area (Å²) < 4.78 is 10.6. The SMILES string of the molecule is CC(O)c1ccc(OC2COCC2O)c(Cl)c1. The smallest absolute Gasteiger partial charge is 0.150 e. The summed E-state index contributed by atoms with van der Waals surface area (Å²) >= 11 is 6.04. The highest BCUT2D eigenvalue weighted by molar-refractivity contribution is 6.32. The van der Waals surface area contributed by atoms with E-state index in [0.29, 0.717) is 17.4 Å². The monoisotopic (exact) mass is 258 g/mol. The van der Waals surface area contributed by atoms with Gasteiger partial charge >= 0.3 is 0 Å². The van der Waals surface area contributed by atoms with Crippen molar-refractivity contribution in [3.8, 4) is 5.75 Å². The van der Waals surface area contributed by atoms with Gasteiger partial charge in [0, 0.05) is 0 Å². The van der Waals surface area contributed by atoms with Crippen LogP contribution >= 0.6 is 11.6 Å². The third-order valence-corrected chi connectivity index (χ3v) is 3.01. The van der Waals surface area contributed by atoms with Crippen molar-refractivity contribution >= 4 is 11.6 Å². The second-order valence-corrected chi connectivity index (χ2v) is 4.53. The number of rotatable bonds is 3. The molecule has 2 N–H and O–H groups in total. The molecule has 1 saturated heterocycles. The Morgan fingerprint density at radius 2 is 2.24 bits per heavy atom. The van der Waals surface area contributed by atoms with Crippen molar-refractivity contribution in [3.05, 3.63) is 28.8 Å². The quantitative estimate of drug-likeness (QED) is 0.863. The van der Waals surface area contributed by atoms with Crippen molar-refractivity contribution in [2.24, 2.45) is 0 Å². The molecule has 1 aromatic carbocycles. The lowest BCUT2D eigenvalue weighted by molar-refractivity contribution is 0.0733. The topological polar surface area (TPSA) is 58.9 Å². The third kappa shape index (κ3) is 2.90. The predicted molar refractivity (Wildman–Crippen MR) is 63.3 cm³/mol. The first-order valence-corrected chi connectivity index (χ1v) is 5.85. The normalized spacial score (nSPS) is 25.9. The Kier molecular flexibility index (Phi) is 3.89. The molecule has 0 spiro atoms. The van der Waals surface area contributed by atoms with E-state index < -0.39 is 12.2 Å². The molecule has 1 aromatic rings. The van der Waals surface area contributed by atoms with Gasteiger partial charge in [0.25, 0.3) is 0 Å². The van der Waals surface area contributed by atoms with Crippen LogP contribution in [0.4, 0.5) is 0 Å². The summed E-state index contributed by atoms with van der Waals surface area (Å²) in [6.07, 6.45) is -1.57. The molecule has 2 rings (SSSR count). The summed E-state index contributed by atoms with van der Waals surface area (Å²) in [7, 11) is 0. The lowest BCUT2D eigenvalue weighted by Gasteiger charge is -2.17. The van der Waals surface area contributed by atoms with Gasteiger partial charge in [0.1, 0.15) is 18.0 Å². The number of hydrogen-bond acceptors (Lipinski definition) is 4. The van der Waals surface area contributed by atoms with E-state index in [-0.39, 0.29) is 12.7 Å². The fourth-order valence-electron chi connectivity index (χ4n) is 1.67. The molecule has 0 aromatic heterocycles. The van der Waals surface area contributed by atoms with E-state index >= 15 is 0 Å². The molecule has 3 unspecified atom stereocenters. The van der Waals surface area contributed by atoms with Crippen LogP contribution in [-0.4, -0.2) is 35.6 Å². The molecule has 4 nitrogen and oxygen atoms in total. The minimum absolute atomic E-state index is 0.286. The maximum absolute atomic E-state index is 9.55. The van der Waals surface area contributed by atoms with Gasteiger partial charge < -0.3 is 19.7 Å². The average molecular weight is 259 g/mol. The predicted octanol–water partition coefficient (Wildman–Crippen LogP) is 1.53. The lowest BCUT2D eigenvalue weighted by atomic mass is 10.1. The highest BCUT2D eigenvalue weighted by Gasteiger charge is 2.28. The van der Waals surface area contributed by atoms with E-state index in [2.05, 4.69) is 0 Å².